The zero-order valence-corrected chi connectivity index (χ0v) is 15.1. The zero-order valence-electron chi connectivity index (χ0n) is 14.4. The summed E-state index contributed by atoms with van der Waals surface area (Å²) in [5.74, 6) is 1.07. The van der Waals surface area contributed by atoms with Crippen LogP contribution in [0.3, 0.4) is 0 Å². The van der Waals surface area contributed by atoms with Crippen LogP contribution in [0.5, 0.6) is 11.5 Å². The number of carbonyl (C=O) groups is 1. The highest BCUT2D eigenvalue weighted by atomic mass is 35.5. The van der Waals surface area contributed by atoms with Gasteiger partial charge in [-0.1, -0.05) is 17.7 Å². The molecule has 0 fully saturated rings. The second-order valence-electron chi connectivity index (χ2n) is 5.32. The Balaban J connectivity index is 1.76. The van der Waals surface area contributed by atoms with E-state index in [2.05, 4.69) is 5.32 Å². The lowest BCUT2D eigenvalue weighted by Crippen LogP contribution is -2.20. The third-order valence-electron chi connectivity index (χ3n) is 3.35. The second-order valence-corrected chi connectivity index (χ2v) is 5.72. The number of hydrogen-bond donors (Lipinski definition) is 1. The van der Waals surface area contributed by atoms with Gasteiger partial charge >= 0.3 is 0 Å². The molecule has 0 saturated carbocycles. The fourth-order valence-electron chi connectivity index (χ4n) is 2.01. The largest absolute Gasteiger partial charge is 0.491 e. The number of benzene rings is 2. The van der Waals surface area contributed by atoms with Crippen molar-refractivity contribution in [3.63, 3.8) is 0 Å². The molecule has 0 aliphatic carbocycles. The summed E-state index contributed by atoms with van der Waals surface area (Å²) in [6.07, 6.45) is 0. The minimum atomic E-state index is -0.253. The SMILES string of the molecule is CCOCCOc1ccc(OCC(=O)Nc2ccc(C)c(Cl)c2)cc1. The van der Waals surface area contributed by atoms with E-state index in [1.54, 1.807) is 36.4 Å². The predicted octanol–water partition coefficient (Wildman–Crippen LogP) is 4.08. The lowest BCUT2D eigenvalue weighted by atomic mass is 10.2. The number of anilines is 1. The normalized spacial score (nSPS) is 10.4. The number of nitrogens with one attached hydrogen (secondary N) is 1. The van der Waals surface area contributed by atoms with E-state index in [4.69, 9.17) is 25.8 Å². The van der Waals surface area contributed by atoms with Crippen LogP contribution in [-0.2, 0) is 9.53 Å². The van der Waals surface area contributed by atoms with Crippen LogP contribution in [-0.4, -0.2) is 32.3 Å². The number of rotatable bonds is 9. The van der Waals surface area contributed by atoms with Gasteiger partial charge in [0.05, 0.1) is 6.61 Å². The van der Waals surface area contributed by atoms with Gasteiger partial charge in [0.2, 0.25) is 0 Å². The Kier molecular flexibility index (Phi) is 7.57. The molecule has 2 aromatic rings. The van der Waals surface area contributed by atoms with Crippen molar-refractivity contribution in [3.8, 4) is 11.5 Å². The van der Waals surface area contributed by atoms with E-state index in [1.807, 2.05) is 19.9 Å². The third kappa shape index (κ3) is 6.64. The van der Waals surface area contributed by atoms with Gasteiger partial charge in [-0.15, -0.1) is 0 Å². The van der Waals surface area contributed by atoms with Crippen LogP contribution < -0.4 is 14.8 Å². The first-order chi connectivity index (χ1) is 12.1. The lowest BCUT2D eigenvalue weighted by molar-refractivity contribution is -0.118. The maximum absolute atomic E-state index is 11.9. The standard InChI is InChI=1S/C19H22ClNO4/c1-3-23-10-11-24-16-6-8-17(9-7-16)25-13-19(22)21-15-5-4-14(2)18(20)12-15/h4-9,12H,3,10-11,13H2,1-2H3,(H,21,22). The molecule has 0 aromatic heterocycles. The molecule has 1 amide bonds. The van der Waals surface area contributed by atoms with Crippen molar-refractivity contribution in [2.75, 3.05) is 31.7 Å². The number of ether oxygens (including phenoxy) is 3. The Labute approximate surface area is 152 Å². The van der Waals surface area contributed by atoms with E-state index in [0.29, 0.717) is 36.3 Å². The molecular weight excluding hydrogens is 342 g/mol. The molecule has 0 saturated heterocycles. The van der Waals surface area contributed by atoms with Crippen LogP contribution in [0.25, 0.3) is 0 Å². The van der Waals surface area contributed by atoms with Crippen molar-refractivity contribution < 1.29 is 19.0 Å². The highest BCUT2D eigenvalue weighted by molar-refractivity contribution is 6.31. The number of hydrogen-bond acceptors (Lipinski definition) is 4. The topological polar surface area (TPSA) is 56.8 Å². The van der Waals surface area contributed by atoms with Crippen molar-refractivity contribution in [3.05, 3.63) is 53.1 Å². The molecule has 0 heterocycles. The van der Waals surface area contributed by atoms with Gasteiger partial charge in [-0.25, -0.2) is 0 Å². The van der Waals surface area contributed by atoms with Gasteiger partial charge in [-0.05, 0) is 55.8 Å². The molecule has 0 bridgehead atoms. The summed E-state index contributed by atoms with van der Waals surface area (Å²) in [6, 6.07) is 12.5. The van der Waals surface area contributed by atoms with E-state index in [0.717, 1.165) is 11.3 Å². The number of amides is 1. The minimum Gasteiger partial charge on any atom is -0.491 e. The monoisotopic (exact) mass is 363 g/mol. The molecule has 5 nitrogen and oxygen atoms in total. The highest BCUT2D eigenvalue weighted by Gasteiger charge is 2.05. The maximum atomic E-state index is 11.9. The fourth-order valence-corrected chi connectivity index (χ4v) is 2.19. The van der Waals surface area contributed by atoms with Gasteiger partial charge in [0.1, 0.15) is 18.1 Å². The first kappa shape index (κ1) is 19.1. The minimum absolute atomic E-state index is 0.0873. The number of halogens is 1. The molecule has 0 aliphatic rings. The molecule has 2 aromatic carbocycles. The molecule has 0 aliphatic heterocycles. The van der Waals surface area contributed by atoms with Crippen LogP contribution in [0.1, 0.15) is 12.5 Å². The summed E-state index contributed by atoms with van der Waals surface area (Å²) >= 11 is 6.04. The second kappa shape index (κ2) is 9.91. The van der Waals surface area contributed by atoms with Gasteiger partial charge < -0.3 is 19.5 Å². The molecule has 0 atom stereocenters. The average Bonchev–Trinajstić information content (AvgIpc) is 2.61. The van der Waals surface area contributed by atoms with Crippen LogP contribution in [0.4, 0.5) is 5.69 Å². The maximum Gasteiger partial charge on any atom is 0.262 e. The zero-order chi connectivity index (χ0) is 18.1. The quantitative estimate of drug-likeness (QED) is 0.682. The summed E-state index contributed by atoms with van der Waals surface area (Å²) in [5.41, 5.74) is 1.60. The molecule has 2 rings (SSSR count). The lowest BCUT2D eigenvalue weighted by Gasteiger charge is -2.10. The van der Waals surface area contributed by atoms with E-state index < -0.39 is 0 Å². The van der Waals surface area contributed by atoms with Gasteiger partial charge in [-0.3, -0.25) is 4.79 Å². The summed E-state index contributed by atoms with van der Waals surface area (Å²) in [4.78, 5) is 11.9. The van der Waals surface area contributed by atoms with Crippen LogP contribution in [0.15, 0.2) is 42.5 Å². The van der Waals surface area contributed by atoms with Crippen molar-refractivity contribution in [1.29, 1.82) is 0 Å². The first-order valence-corrected chi connectivity index (χ1v) is 8.45. The first-order valence-electron chi connectivity index (χ1n) is 8.08. The van der Waals surface area contributed by atoms with Crippen molar-refractivity contribution in [1.82, 2.24) is 0 Å². The molecule has 1 N–H and O–H groups in total. The van der Waals surface area contributed by atoms with Crippen LogP contribution >= 0.6 is 11.6 Å². The van der Waals surface area contributed by atoms with E-state index in [-0.39, 0.29) is 12.5 Å². The predicted molar refractivity (Wildman–Crippen MR) is 98.7 cm³/mol. The summed E-state index contributed by atoms with van der Waals surface area (Å²) < 4.78 is 16.2. The molecule has 134 valence electrons. The Bertz CT molecular complexity index is 688. The van der Waals surface area contributed by atoms with E-state index in [9.17, 15) is 4.79 Å². The Hall–Kier alpha value is -2.24. The molecule has 6 heteroatoms. The third-order valence-corrected chi connectivity index (χ3v) is 3.76. The number of aryl methyl sites for hydroxylation is 1. The van der Waals surface area contributed by atoms with E-state index >= 15 is 0 Å². The van der Waals surface area contributed by atoms with Gasteiger partial charge in [0.15, 0.2) is 6.61 Å². The number of carbonyl (C=O) groups excluding carboxylic acids is 1. The van der Waals surface area contributed by atoms with Crippen molar-refractivity contribution in [2.24, 2.45) is 0 Å². The van der Waals surface area contributed by atoms with Gasteiger partial charge in [0.25, 0.3) is 5.91 Å². The molecular formula is C19H22ClNO4. The molecule has 0 radical (unpaired) electrons. The van der Waals surface area contributed by atoms with Gasteiger partial charge in [-0.2, -0.15) is 0 Å². The Morgan fingerprint density at radius 3 is 2.36 bits per heavy atom. The van der Waals surface area contributed by atoms with Crippen LogP contribution in [0.2, 0.25) is 5.02 Å². The summed E-state index contributed by atoms with van der Waals surface area (Å²) in [6.45, 7) is 5.48. The highest BCUT2D eigenvalue weighted by Crippen LogP contribution is 2.20. The van der Waals surface area contributed by atoms with Crippen molar-refractivity contribution >= 4 is 23.2 Å². The van der Waals surface area contributed by atoms with Crippen molar-refractivity contribution in [2.45, 2.75) is 13.8 Å². The summed E-state index contributed by atoms with van der Waals surface area (Å²) in [5, 5.41) is 3.35. The molecule has 25 heavy (non-hydrogen) atoms. The average molecular weight is 364 g/mol. The fraction of sp³-hybridized carbons (Fsp3) is 0.316. The van der Waals surface area contributed by atoms with E-state index in [1.165, 1.54) is 0 Å². The van der Waals surface area contributed by atoms with Gasteiger partial charge in [0, 0.05) is 17.3 Å². The molecule has 0 spiro atoms. The van der Waals surface area contributed by atoms with Crippen LogP contribution in [0, 0.1) is 6.92 Å². The Morgan fingerprint density at radius 1 is 1.04 bits per heavy atom. The molecule has 0 unspecified atom stereocenters. The Morgan fingerprint density at radius 2 is 1.72 bits per heavy atom. The smallest absolute Gasteiger partial charge is 0.262 e. The summed E-state index contributed by atoms with van der Waals surface area (Å²) in [7, 11) is 0.